The Morgan fingerprint density at radius 2 is 1.57 bits per heavy atom. The molecule has 4 rings (SSSR count). The number of hydrogen-bond acceptors (Lipinski definition) is 4. The number of aliphatic carboxylic acids is 1. The maximum atomic E-state index is 12.5. The Hall–Kier alpha value is -4.39. The number of anilines is 1. The minimum atomic E-state index is -1.38. The summed E-state index contributed by atoms with van der Waals surface area (Å²) in [4.78, 5) is 35.7. The third-order valence-electron chi connectivity index (χ3n) is 5.87. The highest BCUT2D eigenvalue weighted by atomic mass is 16.5. The molecule has 7 nitrogen and oxygen atoms in total. The summed E-state index contributed by atoms with van der Waals surface area (Å²) in [7, 11) is 0. The molecule has 0 aliphatic heterocycles. The van der Waals surface area contributed by atoms with E-state index in [0.717, 1.165) is 22.3 Å². The Bertz CT molecular complexity index is 1270. The SMILES string of the molecule is CC(C)(NC(=O)/C=C/c1cccc(NC(=O)OCC2c3ccccc3-c3ccccc32)c1)C(=O)O. The molecule has 0 spiro atoms. The van der Waals surface area contributed by atoms with Gasteiger partial charge in [-0.1, -0.05) is 60.7 Å². The predicted molar refractivity (Wildman–Crippen MR) is 134 cm³/mol. The molecule has 3 N–H and O–H groups in total. The van der Waals surface area contributed by atoms with Crippen LogP contribution in [0.4, 0.5) is 10.5 Å². The maximum Gasteiger partial charge on any atom is 0.411 e. The van der Waals surface area contributed by atoms with Crippen LogP contribution in [0.25, 0.3) is 17.2 Å². The molecule has 0 fully saturated rings. The first kappa shape index (κ1) is 23.8. The van der Waals surface area contributed by atoms with Gasteiger partial charge in [0.25, 0.3) is 0 Å². The van der Waals surface area contributed by atoms with E-state index in [2.05, 4.69) is 34.9 Å². The Balaban J connectivity index is 1.37. The number of hydrogen-bond donors (Lipinski definition) is 3. The van der Waals surface area contributed by atoms with Gasteiger partial charge in [0, 0.05) is 17.7 Å². The molecule has 1 aliphatic rings. The van der Waals surface area contributed by atoms with E-state index < -0.39 is 23.5 Å². The van der Waals surface area contributed by atoms with Gasteiger partial charge >= 0.3 is 12.1 Å². The summed E-state index contributed by atoms with van der Waals surface area (Å²) in [6.45, 7) is 3.01. The van der Waals surface area contributed by atoms with Gasteiger partial charge in [0.1, 0.15) is 12.1 Å². The topological polar surface area (TPSA) is 105 Å². The molecule has 35 heavy (non-hydrogen) atoms. The van der Waals surface area contributed by atoms with Gasteiger partial charge in [0.2, 0.25) is 5.91 Å². The largest absolute Gasteiger partial charge is 0.480 e. The minimum Gasteiger partial charge on any atom is -0.480 e. The summed E-state index contributed by atoms with van der Waals surface area (Å²) in [5, 5.41) is 14.3. The number of carbonyl (C=O) groups is 3. The third kappa shape index (κ3) is 5.41. The highest BCUT2D eigenvalue weighted by molar-refractivity contribution is 5.95. The van der Waals surface area contributed by atoms with Crippen molar-refractivity contribution in [1.82, 2.24) is 5.32 Å². The lowest BCUT2D eigenvalue weighted by Crippen LogP contribution is -2.49. The van der Waals surface area contributed by atoms with Gasteiger partial charge in [-0.3, -0.25) is 10.1 Å². The van der Waals surface area contributed by atoms with Crippen LogP contribution in [0, 0.1) is 0 Å². The van der Waals surface area contributed by atoms with Crippen LogP contribution < -0.4 is 10.6 Å². The normalized spacial score (nSPS) is 12.6. The fourth-order valence-corrected chi connectivity index (χ4v) is 4.05. The number of carbonyl (C=O) groups excluding carboxylic acids is 2. The number of rotatable bonds is 7. The molecule has 0 radical (unpaired) electrons. The average Bonchev–Trinajstić information content (AvgIpc) is 3.15. The van der Waals surface area contributed by atoms with Crippen molar-refractivity contribution in [2.75, 3.05) is 11.9 Å². The highest BCUT2D eigenvalue weighted by Gasteiger charge is 2.29. The Morgan fingerprint density at radius 1 is 0.943 bits per heavy atom. The van der Waals surface area contributed by atoms with Gasteiger partial charge in [-0.2, -0.15) is 0 Å². The molecule has 0 saturated carbocycles. The molecule has 0 aromatic heterocycles. The Labute approximate surface area is 203 Å². The predicted octanol–water partition coefficient (Wildman–Crippen LogP) is 5.04. The highest BCUT2D eigenvalue weighted by Crippen LogP contribution is 2.44. The summed E-state index contributed by atoms with van der Waals surface area (Å²) in [6, 6.07) is 23.2. The van der Waals surface area contributed by atoms with Crippen LogP contribution in [-0.4, -0.2) is 35.2 Å². The fourth-order valence-electron chi connectivity index (χ4n) is 4.05. The zero-order chi connectivity index (χ0) is 25.0. The smallest absolute Gasteiger partial charge is 0.411 e. The maximum absolute atomic E-state index is 12.5. The van der Waals surface area contributed by atoms with Gasteiger partial charge in [-0.05, 0) is 59.9 Å². The van der Waals surface area contributed by atoms with Crippen LogP contribution in [0.2, 0.25) is 0 Å². The van der Waals surface area contributed by atoms with E-state index in [9.17, 15) is 14.4 Å². The number of carboxylic acids is 1. The van der Waals surface area contributed by atoms with E-state index in [1.165, 1.54) is 26.0 Å². The van der Waals surface area contributed by atoms with Gasteiger partial charge in [-0.25, -0.2) is 9.59 Å². The van der Waals surface area contributed by atoms with Crippen molar-refractivity contribution >= 4 is 29.7 Å². The average molecular weight is 471 g/mol. The van der Waals surface area contributed by atoms with Gasteiger partial charge in [0.05, 0.1) is 0 Å². The van der Waals surface area contributed by atoms with Crippen molar-refractivity contribution in [2.45, 2.75) is 25.3 Å². The standard InChI is InChI=1S/C28H26N2O5/c1-28(2,26(32)33)30-25(31)15-14-18-8-7-9-19(16-18)29-27(34)35-17-24-22-12-5-3-10-20(22)21-11-4-6-13-23(21)24/h3-16,24H,17H2,1-2H3,(H,29,34)(H,30,31)(H,32,33)/b15-14+. The van der Waals surface area contributed by atoms with E-state index >= 15 is 0 Å². The first-order chi connectivity index (χ1) is 16.7. The molecule has 0 atom stereocenters. The van der Waals surface area contributed by atoms with Crippen molar-refractivity contribution in [3.63, 3.8) is 0 Å². The second kappa shape index (κ2) is 9.85. The number of carboxylic acid groups (broad SMARTS) is 1. The molecule has 2 amide bonds. The zero-order valence-electron chi connectivity index (χ0n) is 19.4. The summed E-state index contributed by atoms with van der Waals surface area (Å²) in [5.74, 6) is -1.70. The van der Waals surface area contributed by atoms with Crippen LogP contribution >= 0.6 is 0 Å². The third-order valence-corrected chi connectivity index (χ3v) is 5.87. The van der Waals surface area contributed by atoms with Gasteiger partial charge < -0.3 is 15.2 Å². The first-order valence-corrected chi connectivity index (χ1v) is 11.2. The summed E-state index contributed by atoms with van der Waals surface area (Å²) < 4.78 is 5.57. The van der Waals surface area contributed by atoms with Crippen molar-refractivity contribution in [3.8, 4) is 11.1 Å². The second-order valence-electron chi connectivity index (χ2n) is 8.83. The van der Waals surface area contributed by atoms with Gasteiger partial charge in [-0.15, -0.1) is 0 Å². The van der Waals surface area contributed by atoms with Crippen molar-refractivity contribution < 1.29 is 24.2 Å². The monoisotopic (exact) mass is 470 g/mol. The Kier molecular flexibility index (Phi) is 6.68. The minimum absolute atomic E-state index is 0.0315. The van der Waals surface area contributed by atoms with Crippen molar-refractivity contribution in [2.24, 2.45) is 0 Å². The van der Waals surface area contributed by atoms with E-state index in [4.69, 9.17) is 9.84 Å². The first-order valence-electron chi connectivity index (χ1n) is 11.2. The number of benzene rings is 3. The molecule has 0 heterocycles. The molecule has 0 saturated heterocycles. The molecule has 7 heteroatoms. The molecular formula is C28H26N2O5. The summed E-state index contributed by atoms with van der Waals surface area (Å²) in [5.41, 5.74) is 4.38. The number of ether oxygens (including phenoxy) is 1. The number of nitrogens with one attached hydrogen (secondary N) is 2. The van der Waals surface area contributed by atoms with Crippen LogP contribution in [0.1, 0.15) is 36.5 Å². The summed E-state index contributed by atoms with van der Waals surface area (Å²) in [6.07, 6.45) is 2.21. The molecule has 0 bridgehead atoms. The van der Waals surface area contributed by atoms with Crippen LogP contribution in [0.15, 0.2) is 78.9 Å². The van der Waals surface area contributed by atoms with Gasteiger partial charge in [0.15, 0.2) is 0 Å². The molecule has 178 valence electrons. The van der Waals surface area contributed by atoms with E-state index in [0.29, 0.717) is 11.3 Å². The van der Waals surface area contributed by atoms with Crippen LogP contribution in [-0.2, 0) is 14.3 Å². The molecule has 3 aromatic carbocycles. The number of amides is 2. The van der Waals surface area contributed by atoms with E-state index in [1.54, 1.807) is 24.3 Å². The lowest BCUT2D eigenvalue weighted by Gasteiger charge is -2.19. The second-order valence-corrected chi connectivity index (χ2v) is 8.83. The number of fused-ring (bicyclic) bond motifs is 3. The fraction of sp³-hybridized carbons (Fsp3) is 0.179. The van der Waals surface area contributed by atoms with Crippen LogP contribution in [0.5, 0.6) is 0 Å². The lowest BCUT2D eigenvalue weighted by molar-refractivity contribution is -0.145. The quantitative estimate of drug-likeness (QED) is 0.420. The molecule has 3 aromatic rings. The van der Waals surface area contributed by atoms with Crippen molar-refractivity contribution in [3.05, 3.63) is 95.6 Å². The molecule has 0 unspecified atom stereocenters. The van der Waals surface area contributed by atoms with E-state index in [1.807, 2.05) is 24.3 Å². The Morgan fingerprint density at radius 3 is 2.20 bits per heavy atom. The molecular weight excluding hydrogens is 444 g/mol. The molecule has 1 aliphatic carbocycles. The summed E-state index contributed by atoms with van der Waals surface area (Å²) >= 11 is 0. The zero-order valence-corrected chi connectivity index (χ0v) is 19.4. The lowest BCUT2D eigenvalue weighted by atomic mass is 9.98. The van der Waals surface area contributed by atoms with Crippen molar-refractivity contribution in [1.29, 1.82) is 0 Å². The van der Waals surface area contributed by atoms with Crippen LogP contribution in [0.3, 0.4) is 0 Å². The van der Waals surface area contributed by atoms with E-state index in [-0.39, 0.29) is 12.5 Å².